The number of nitrogen functional groups attached to an aromatic ring is 1. The Kier molecular flexibility index (Phi) is 3.79. The normalized spacial score (nSPS) is 10.1. The number of nitrogens with one attached hydrogen (secondary N) is 1. The van der Waals surface area contributed by atoms with Gasteiger partial charge in [-0.3, -0.25) is 4.79 Å². The minimum Gasteiger partial charge on any atom is -0.399 e. The maximum absolute atomic E-state index is 11.8. The minimum absolute atomic E-state index is 0.143. The van der Waals surface area contributed by atoms with Crippen LogP contribution in [0.2, 0.25) is 5.02 Å². The summed E-state index contributed by atoms with van der Waals surface area (Å²) in [7, 11) is 0. The van der Waals surface area contributed by atoms with Crippen molar-refractivity contribution in [3.05, 3.63) is 53.2 Å². The van der Waals surface area contributed by atoms with Crippen molar-refractivity contribution < 1.29 is 4.79 Å². The lowest BCUT2D eigenvalue weighted by molar-refractivity contribution is -0.115. The van der Waals surface area contributed by atoms with E-state index in [2.05, 4.69) is 10.3 Å². The van der Waals surface area contributed by atoms with Crippen molar-refractivity contribution in [3.63, 3.8) is 0 Å². The molecular formula is C13H12ClN3O. The zero-order valence-electron chi connectivity index (χ0n) is 9.56. The first-order valence-electron chi connectivity index (χ1n) is 5.39. The molecule has 2 aromatic rings. The number of nitrogens with two attached hydrogens (primary N) is 1. The van der Waals surface area contributed by atoms with E-state index in [9.17, 15) is 4.79 Å². The van der Waals surface area contributed by atoms with Crippen molar-refractivity contribution >= 4 is 29.0 Å². The van der Waals surface area contributed by atoms with Gasteiger partial charge in [-0.25, -0.2) is 4.98 Å². The fourth-order valence-electron chi connectivity index (χ4n) is 1.49. The van der Waals surface area contributed by atoms with Crippen LogP contribution in [0, 0.1) is 0 Å². The Morgan fingerprint density at radius 1 is 1.28 bits per heavy atom. The molecule has 0 aliphatic rings. The highest BCUT2D eigenvalue weighted by molar-refractivity contribution is 6.30. The largest absolute Gasteiger partial charge is 0.399 e. The Labute approximate surface area is 110 Å². The molecule has 0 aliphatic carbocycles. The second-order valence-electron chi connectivity index (χ2n) is 3.83. The summed E-state index contributed by atoms with van der Waals surface area (Å²) < 4.78 is 0. The van der Waals surface area contributed by atoms with Crippen LogP contribution in [-0.2, 0) is 11.2 Å². The van der Waals surface area contributed by atoms with Crippen molar-refractivity contribution in [2.24, 2.45) is 0 Å². The van der Waals surface area contributed by atoms with Crippen molar-refractivity contribution in [2.45, 2.75) is 6.42 Å². The molecule has 0 fully saturated rings. The van der Waals surface area contributed by atoms with E-state index in [1.807, 2.05) is 12.1 Å². The van der Waals surface area contributed by atoms with E-state index in [1.54, 1.807) is 30.5 Å². The van der Waals surface area contributed by atoms with Crippen molar-refractivity contribution in [2.75, 3.05) is 11.1 Å². The summed E-state index contributed by atoms with van der Waals surface area (Å²) in [6.45, 7) is 0. The molecule has 1 aromatic heterocycles. The van der Waals surface area contributed by atoms with E-state index in [4.69, 9.17) is 17.3 Å². The van der Waals surface area contributed by atoms with E-state index in [0.717, 1.165) is 5.56 Å². The maximum atomic E-state index is 11.8. The number of hydrogen-bond acceptors (Lipinski definition) is 3. The van der Waals surface area contributed by atoms with Gasteiger partial charge in [0.25, 0.3) is 0 Å². The van der Waals surface area contributed by atoms with Gasteiger partial charge in [0.2, 0.25) is 5.91 Å². The molecule has 0 bridgehead atoms. The molecule has 0 atom stereocenters. The Balaban J connectivity index is 1.98. The molecule has 0 spiro atoms. The average molecular weight is 262 g/mol. The molecule has 2 rings (SSSR count). The molecule has 0 saturated carbocycles. The molecule has 4 nitrogen and oxygen atoms in total. The van der Waals surface area contributed by atoms with E-state index >= 15 is 0 Å². The summed E-state index contributed by atoms with van der Waals surface area (Å²) in [4.78, 5) is 15.8. The van der Waals surface area contributed by atoms with Crippen LogP contribution in [0.5, 0.6) is 0 Å². The molecule has 3 N–H and O–H groups in total. The monoisotopic (exact) mass is 261 g/mol. The first kappa shape index (κ1) is 12.4. The lowest BCUT2D eigenvalue weighted by Crippen LogP contribution is -2.15. The van der Waals surface area contributed by atoms with E-state index < -0.39 is 0 Å². The standard InChI is InChI=1S/C13H12ClN3O/c14-10-3-1-9(2-4-10)7-13(18)17-12-8-11(15)5-6-16-12/h1-6,8H,7H2,(H3,15,16,17,18). The van der Waals surface area contributed by atoms with Gasteiger partial charge in [-0.05, 0) is 23.8 Å². The van der Waals surface area contributed by atoms with Crippen LogP contribution in [0.3, 0.4) is 0 Å². The molecular weight excluding hydrogens is 250 g/mol. The van der Waals surface area contributed by atoms with Gasteiger partial charge in [0.15, 0.2) is 0 Å². The van der Waals surface area contributed by atoms with Gasteiger partial charge in [-0.2, -0.15) is 0 Å². The number of benzene rings is 1. The van der Waals surface area contributed by atoms with Crippen LogP contribution in [0.15, 0.2) is 42.6 Å². The van der Waals surface area contributed by atoms with Gasteiger partial charge in [0.1, 0.15) is 5.82 Å². The summed E-state index contributed by atoms with van der Waals surface area (Å²) in [5.74, 6) is 0.310. The second-order valence-corrected chi connectivity index (χ2v) is 4.26. The van der Waals surface area contributed by atoms with Gasteiger partial charge >= 0.3 is 0 Å². The molecule has 0 radical (unpaired) electrons. The zero-order valence-corrected chi connectivity index (χ0v) is 10.3. The van der Waals surface area contributed by atoms with Crippen molar-refractivity contribution in [1.29, 1.82) is 0 Å². The third kappa shape index (κ3) is 3.46. The van der Waals surface area contributed by atoms with Gasteiger partial charge in [0, 0.05) is 23.0 Å². The number of aromatic nitrogens is 1. The van der Waals surface area contributed by atoms with E-state index in [0.29, 0.717) is 16.5 Å². The average Bonchev–Trinajstić information content (AvgIpc) is 2.32. The van der Waals surface area contributed by atoms with Crippen molar-refractivity contribution in [3.8, 4) is 0 Å². The lowest BCUT2D eigenvalue weighted by atomic mass is 10.1. The lowest BCUT2D eigenvalue weighted by Gasteiger charge is -2.05. The smallest absolute Gasteiger partial charge is 0.229 e. The van der Waals surface area contributed by atoms with Crippen LogP contribution < -0.4 is 11.1 Å². The molecule has 5 heteroatoms. The van der Waals surface area contributed by atoms with Gasteiger partial charge < -0.3 is 11.1 Å². The summed E-state index contributed by atoms with van der Waals surface area (Å²) in [6.07, 6.45) is 1.82. The number of anilines is 2. The fraction of sp³-hybridized carbons (Fsp3) is 0.0769. The van der Waals surface area contributed by atoms with Crippen LogP contribution in [-0.4, -0.2) is 10.9 Å². The predicted octanol–water partition coefficient (Wildman–Crippen LogP) is 2.50. The van der Waals surface area contributed by atoms with Crippen LogP contribution in [0.1, 0.15) is 5.56 Å². The number of nitrogens with zero attached hydrogens (tertiary/aromatic N) is 1. The number of carbonyl (C=O) groups is 1. The molecule has 0 aliphatic heterocycles. The highest BCUT2D eigenvalue weighted by atomic mass is 35.5. The number of amides is 1. The predicted molar refractivity (Wildman–Crippen MR) is 72.4 cm³/mol. The quantitative estimate of drug-likeness (QED) is 0.892. The van der Waals surface area contributed by atoms with E-state index in [-0.39, 0.29) is 12.3 Å². The summed E-state index contributed by atoms with van der Waals surface area (Å²) in [6, 6.07) is 10.4. The Morgan fingerprint density at radius 2 is 2.00 bits per heavy atom. The highest BCUT2D eigenvalue weighted by Gasteiger charge is 2.05. The third-order valence-electron chi connectivity index (χ3n) is 2.33. The van der Waals surface area contributed by atoms with Crippen LogP contribution in [0.25, 0.3) is 0 Å². The Morgan fingerprint density at radius 3 is 2.67 bits per heavy atom. The molecule has 1 heterocycles. The Hall–Kier alpha value is -2.07. The highest BCUT2D eigenvalue weighted by Crippen LogP contribution is 2.11. The third-order valence-corrected chi connectivity index (χ3v) is 2.58. The van der Waals surface area contributed by atoms with Gasteiger partial charge in [0.05, 0.1) is 6.42 Å². The molecule has 0 unspecified atom stereocenters. The second kappa shape index (κ2) is 5.51. The van der Waals surface area contributed by atoms with Crippen LogP contribution in [0.4, 0.5) is 11.5 Å². The van der Waals surface area contributed by atoms with Gasteiger partial charge in [-0.1, -0.05) is 23.7 Å². The summed E-state index contributed by atoms with van der Waals surface area (Å²) in [5.41, 5.74) is 7.05. The van der Waals surface area contributed by atoms with Crippen molar-refractivity contribution in [1.82, 2.24) is 4.98 Å². The summed E-state index contributed by atoms with van der Waals surface area (Å²) >= 11 is 5.77. The number of hydrogen-bond donors (Lipinski definition) is 2. The first-order valence-corrected chi connectivity index (χ1v) is 5.77. The topological polar surface area (TPSA) is 68.0 Å². The van der Waals surface area contributed by atoms with E-state index in [1.165, 1.54) is 0 Å². The van der Waals surface area contributed by atoms with Gasteiger partial charge in [-0.15, -0.1) is 0 Å². The minimum atomic E-state index is -0.143. The fourth-order valence-corrected chi connectivity index (χ4v) is 1.62. The number of carbonyl (C=O) groups excluding carboxylic acids is 1. The summed E-state index contributed by atoms with van der Waals surface area (Å²) in [5, 5.41) is 3.33. The SMILES string of the molecule is Nc1ccnc(NC(=O)Cc2ccc(Cl)cc2)c1. The number of halogens is 1. The molecule has 1 amide bonds. The number of pyridine rings is 1. The molecule has 0 saturated heterocycles. The number of rotatable bonds is 3. The maximum Gasteiger partial charge on any atom is 0.229 e. The first-order chi connectivity index (χ1) is 8.63. The molecule has 18 heavy (non-hydrogen) atoms. The molecule has 92 valence electrons. The van der Waals surface area contributed by atoms with Crippen LogP contribution >= 0.6 is 11.6 Å². The molecule has 1 aromatic carbocycles. The zero-order chi connectivity index (χ0) is 13.0. The Bertz CT molecular complexity index is 554.